The molecule has 106 valence electrons. The van der Waals surface area contributed by atoms with Crippen LogP contribution >= 0.6 is 0 Å². The molecule has 0 radical (unpaired) electrons. The van der Waals surface area contributed by atoms with Gasteiger partial charge < -0.3 is 15.3 Å². The number of rotatable bonds is 3. The highest BCUT2D eigenvalue weighted by Crippen LogP contribution is 2.31. The molecule has 0 aliphatic carbocycles. The maximum Gasteiger partial charge on any atom is 0.433 e. The van der Waals surface area contributed by atoms with Gasteiger partial charge in [-0.25, -0.2) is 4.98 Å². The Morgan fingerprint density at radius 1 is 1.47 bits per heavy atom. The van der Waals surface area contributed by atoms with Crippen LogP contribution in [0.5, 0.6) is 0 Å². The summed E-state index contributed by atoms with van der Waals surface area (Å²) >= 11 is 0. The summed E-state index contributed by atoms with van der Waals surface area (Å²) in [6.07, 6.45) is -3.75. The average Bonchev–Trinajstić information content (AvgIpc) is 2.86. The zero-order valence-electron chi connectivity index (χ0n) is 10.4. The number of nitrogens with one attached hydrogen (secondary N) is 1. The Morgan fingerprint density at radius 2 is 2.21 bits per heavy atom. The molecule has 0 amide bonds. The maximum absolute atomic E-state index is 12.7. The Kier molecular flexibility index (Phi) is 3.79. The molecule has 2 rings (SSSR count). The molecule has 0 bridgehead atoms. The van der Waals surface area contributed by atoms with Gasteiger partial charge in [-0.2, -0.15) is 18.2 Å². The highest BCUT2D eigenvalue weighted by Gasteiger charge is 2.35. The van der Waals surface area contributed by atoms with Crippen LogP contribution in [0.4, 0.5) is 24.9 Å². The first-order valence-electron chi connectivity index (χ1n) is 5.94. The second-order valence-corrected chi connectivity index (χ2v) is 4.47. The Balaban J connectivity index is 2.30. The Bertz CT molecular complexity index is 452. The Labute approximate surface area is 108 Å². The molecular formula is C11H15F3N4O. The van der Waals surface area contributed by atoms with Gasteiger partial charge in [0.1, 0.15) is 5.82 Å². The molecule has 2 N–H and O–H groups in total. The van der Waals surface area contributed by atoms with E-state index in [2.05, 4.69) is 15.3 Å². The van der Waals surface area contributed by atoms with Gasteiger partial charge in [0.05, 0.1) is 0 Å². The van der Waals surface area contributed by atoms with Crippen LogP contribution in [0.15, 0.2) is 6.07 Å². The van der Waals surface area contributed by atoms with Gasteiger partial charge in [-0.15, -0.1) is 0 Å². The summed E-state index contributed by atoms with van der Waals surface area (Å²) in [5.74, 6) is 0.266. The van der Waals surface area contributed by atoms with Crippen LogP contribution in [0.3, 0.4) is 0 Å². The van der Waals surface area contributed by atoms with Crippen LogP contribution in [-0.2, 0) is 6.18 Å². The van der Waals surface area contributed by atoms with Gasteiger partial charge in [-0.3, -0.25) is 0 Å². The number of alkyl halides is 3. The molecule has 8 heteroatoms. The van der Waals surface area contributed by atoms with Crippen LogP contribution in [0, 0.1) is 5.92 Å². The molecule has 1 aliphatic heterocycles. The van der Waals surface area contributed by atoms with Crippen LogP contribution in [0.25, 0.3) is 0 Å². The van der Waals surface area contributed by atoms with Crippen molar-refractivity contribution in [2.45, 2.75) is 12.6 Å². The van der Waals surface area contributed by atoms with Crippen molar-refractivity contribution < 1.29 is 18.3 Å². The predicted octanol–water partition coefficient (Wildman–Crippen LogP) is 1.36. The number of halogens is 3. The van der Waals surface area contributed by atoms with Gasteiger partial charge in [0, 0.05) is 38.7 Å². The van der Waals surface area contributed by atoms with E-state index in [9.17, 15) is 13.2 Å². The molecular weight excluding hydrogens is 261 g/mol. The van der Waals surface area contributed by atoms with E-state index in [1.54, 1.807) is 4.90 Å². The standard InChI is InChI=1S/C11H15F3N4O/c1-15-10-16-8(11(12,13)14)4-9(17-10)18-3-2-7(5-18)6-19/h4,7,19H,2-3,5-6H2,1H3,(H,15,16,17). The van der Waals surface area contributed by atoms with E-state index in [-0.39, 0.29) is 24.3 Å². The van der Waals surface area contributed by atoms with Crippen molar-refractivity contribution in [2.75, 3.05) is 37.0 Å². The number of hydrogen-bond donors (Lipinski definition) is 2. The Hall–Kier alpha value is -1.57. The van der Waals surface area contributed by atoms with Crippen molar-refractivity contribution in [2.24, 2.45) is 5.92 Å². The summed E-state index contributed by atoms with van der Waals surface area (Å²) < 4.78 is 38.2. The van der Waals surface area contributed by atoms with E-state index in [4.69, 9.17) is 5.11 Å². The van der Waals surface area contributed by atoms with Gasteiger partial charge in [0.15, 0.2) is 5.69 Å². The summed E-state index contributed by atoms with van der Waals surface area (Å²) in [5, 5.41) is 11.6. The monoisotopic (exact) mass is 276 g/mol. The molecule has 1 unspecified atom stereocenters. The van der Waals surface area contributed by atoms with Gasteiger partial charge in [-0.05, 0) is 6.42 Å². The molecule has 19 heavy (non-hydrogen) atoms. The first-order chi connectivity index (χ1) is 8.94. The number of hydrogen-bond acceptors (Lipinski definition) is 5. The van der Waals surface area contributed by atoms with Crippen LogP contribution in [0.2, 0.25) is 0 Å². The summed E-state index contributed by atoms with van der Waals surface area (Å²) in [5.41, 5.74) is -0.964. The SMILES string of the molecule is CNc1nc(N2CCC(CO)C2)cc(C(F)(F)F)n1. The van der Waals surface area contributed by atoms with Crippen molar-refractivity contribution in [3.05, 3.63) is 11.8 Å². The van der Waals surface area contributed by atoms with E-state index in [1.165, 1.54) is 7.05 Å². The Morgan fingerprint density at radius 3 is 2.74 bits per heavy atom. The predicted molar refractivity (Wildman–Crippen MR) is 64.0 cm³/mol. The molecule has 5 nitrogen and oxygen atoms in total. The number of nitrogens with zero attached hydrogens (tertiary/aromatic N) is 3. The second-order valence-electron chi connectivity index (χ2n) is 4.47. The quantitative estimate of drug-likeness (QED) is 0.872. The lowest BCUT2D eigenvalue weighted by Crippen LogP contribution is -2.23. The first-order valence-corrected chi connectivity index (χ1v) is 5.94. The van der Waals surface area contributed by atoms with Gasteiger partial charge >= 0.3 is 6.18 Å². The van der Waals surface area contributed by atoms with Crippen molar-refractivity contribution in [1.29, 1.82) is 0 Å². The fourth-order valence-electron chi connectivity index (χ4n) is 2.04. The lowest BCUT2D eigenvalue weighted by atomic mass is 10.1. The third-order valence-electron chi connectivity index (χ3n) is 3.09. The summed E-state index contributed by atoms with van der Waals surface area (Å²) in [6, 6.07) is 0.945. The maximum atomic E-state index is 12.7. The van der Waals surface area contributed by atoms with E-state index in [0.29, 0.717) is 13.1 Å². The first kappa shape index (κ1) is 13.9. The van der Waals surface area contributed by atoms with Gasteiger partial charge in [-0.1, -0.05) is 0 Å². The molecule has 0 aromatic carbocycles. The molecule has 0 spiro atoms. The van der Waals surface area contributed by atoms with Crippen LogP contribution in [0.1, 0.15) is 12.1 Å². The lowest BCUT2D eigenvalue weighted by Gasteiger charge is -2.19. The minimum atomic E-state index is -4.50. The topological polar surface area (TPSA) is 61.3 Å². The minimum absolute atomic E-state index is 0.0343. The zero-order valence-corrected chi connectivity index (χ0v) is 10.4. The van der Waals surface area contributed by atoms with E-state index >= 15 is 0 Å². The third kappa shape index (κ3) is 3.06. The molecule has 0 saturated carbocycles. The number of aromatic nitrogens is 2. The van der Waals surface area contributed by atoms with Crippen LogP contribution in [-0.4, -0.2) is 41.8 Å². The molecule has 1 aliphatic rings. The zero-order chi connectivity index (χ0) is 14.0. The molecule has 1 aromatic rings. The fraction of sp³-hybridized carbons (Fsp3) is 0.636. The molecule has 1 aromatic heterocycles. The van der Waals surface area contributed by atoms with E-state index < -0.39 is 11.9 Å². The largest absolute Gasteiger partial charge is 0.433 e. The lowest BCUT2D eigenvalue weighted by molar-refractivity contribution is -0.141. The fourth-order valence-corrected chi connectivity index (χ4v) is 2.04. The number of aliphatic hydroxyl groups excluding tert-OH is 1. The smallest absolute Gasteiger partial charge is 0.396 e. The number of anilines is 2. The van der Waals surface area contributed by atoms with Crippen molar-refractivity contribution in [3.63, 3.8) is 0 Å². The molecule has 1 atom stereocenters. The molecule has 1 saturated heterocycles. The molecule has 2 heterocycles. The summed E-state index contributed by atoms with van der Waals surface area (Å²) in [6.45, 7) is 1.13. The highest BCUT2D eigenvalue weighted by atomic mass is 19.4. The van der Waals surface area contributed by atoms with E-state index in [1.807, 2.05) is 0 Å². The van der Waals surface area contributed by atoms with Crippen LogP contribution < -0.4 is 10.2 Å². The molecule has 1 fully saturated rings. The van der Waals surface area contributed by atoms with E-state index in [0.717, 1.165) is 12.5 Å². The number of aliphatic hydroxyl groups is 1. The van der Waals surface area contributed by atoms with Gasteiger partial charge in [0.2, 0.25) is 5.95 Å². The minimum Gasteiger partial charge on any atom is -0.396 e. The van der Waals surface area contributed by atoms with Crippen molar-refractivity contribution >= 4 is 11.8 Å². The summed E-state index contributed by atoms with van der Waals surface area (Å²) in [7, 11) is 1.47. The average molecular weight is 276 g/mol. The summed E-state index contributed by atoms with van der Waals surface area (Å²) in [4.78, 5) is 9.18. The normalized spacial score (nSPS) is 19.8. The highest BCUT2D eigenvalue weighted by molar-refractivity contribution is 5.46. The van der Waals surface area contributed by atoms with Crippen molar-refractivity contribution in [1.82, 2.24) is 9.97 Å². The van der Waals surface area contributed by atoms with Gasteiger partial charge in [0.25, 0.3) is 0 Å². The second kappa shape index (κ2) is 5.20. The third-order valence-corrected chi connectivity index (χ3v) is 3.09. The van der Waals surface area contributed by atoms with Crippen molar-refractivity contribution in [3.8, 4) is 0 Å².